The first-order chi connectivity index (χ1) is 16.5. The summed E-state index contributed by atoms with van der Waals surface area (Å²) in [6.07, 6.45) is 17.8. The van der Waals surface area contributed by atoms with Crippen molar-refractivity contribution in [2.45, 2.75) is 77.2 Å². The highest BCUT2D eigenvalue weighted by atomic mass is 35.5. The number of carbonyl (C=O) groups excluding carboxylic acids is 1. The molecular weight excluding hydrogens is 440 g/mol. The van der Waals surface area contributed by atoms with Crippen molar-refractivity contribution >= 4 is 23.1 Å². The maximum Gasteiger partial charge on any atom is 0.223 e. The number of hydrogen-bond acceptors (Lipinski definition) is 2. The van der Waals surface area contributed by atoms with Crippen molar-refractivity contribution in [3.05, 3.63) is 63.8 Å². The van der Waals surface area contributed by atoms with E-state index in [1.54, 1.807) is 0 Å². The first kappa shape index (κ1) is 22.5. The van der Waals surface area contributed by atoms with Crippen LogP contribution in [-0.4, -0.2) is 29.9 Å². The van der Waals surface area contributed by atoms with Crippen LogP contribution in [0.4, 0.5) is 0 Å². The number of nitrogens with one attached hydrogen (secondary N) is 1. The largest absolute Gasteiger partial charge is 0.380 e. The lowest BCUT2D eigenvalue weighted by molar-refractivity contribution is -0.134. The highest BCUT2D eigenvalue weighted by molar-refractivity contribution is 6.30. The number of allylic oxidation sites excluding steroid dienone is 2. The summed E-state index contributed by atoms with van der Waals surface area (Å²) in [5.74, 6) is 2.07. The van der Waals surface area contributed by atoms with E-state index >= 15 is 0 Å². The topological polar surface area (TPSA) is 32.3 Å². The Kier molecular flexibility index (Phi) is 5.88. The Morgan fingerprint density at radius 1 is 1.18 bits per heavy atom. The van der Waals surface area contributed by atoms with Crippen LogP contribution in [0, 0.1) is 17.3 Å². The molecule has 3 aliphatic carbocycles. The van der Waals surface area contributed by atoms with Crippen molar-refractivity contribution in [2.75, 3.05) is 13.1 Å². The first-order valence-corrected chi connectivity index (χ1v) is 13.8. The van der Waals surface area contributed by atoms with Crippen molar-refractivity contribution in [1.29, 1.82) is 0 Å². The van der Waals surface area contributed by atoms with E-state index in [0.29, 0.717) is 11.3 Å². The Labute approximate surface area is 209 Å². The van der Waals surface area contributed by atoms with Gasteiger partial charge < -0.3 is 10.2 Å². The second-order valence-corrected chi connectivity index (χ2v) is 12.2. The number of nitrogens with zero attached hydrogens (tertiary/aromatic N) is 1. The fraction of sp³-hybridized carbons (Fsp3) is 0.567. The molecule has 2 saturated carbocycles. The van der Waals surface area contributed by atoms with E-state index in [0.717, 1.165) is 62.1 Å². The summed E-state index contributed by atoms with van der Waals surface area (Å²) in [5, 5.41) is 4.47. The summed E-state index contributed by atoms with van der Waals surface area (Å²) < 4.78 is 0. The number of fused-ring (bicyclic) bond motifs is 4. The second kappa shape index (κ2) is 8.90. The van der Waals surface area contributed by atoms with Crippen molar-refractivity contribution < 1.29 is 4.79 Å². The number of amides is 1. The minimum atomic E-state index is 0.239. The predicted molar refractivity (Wildman–Crippen MR) is 139 cm³/mol. The van der Waals surface area contributed by atoms with Crippen LogP contribution < -0.4 is 5.32 Å². The molecule has 1 amide bonds. The number of piperidine rings is 1. The standard InChI is InChI=1S/C30H37ClN2O/c1-20-15-21-8-11-30(17-20,18-21)19-27(34)33-13-9-22(10-14-33)28-26-7-6-25(31)16-24(26)5-4-23-3-2-12-32-29(23)28/h2-3,6-7,12,16,20-21,29,32H,4-5,8-11,13-15,17-19H2,1H3. The summed E-state index contributed by atoms with van der Waals surface area (Å²) in [6.45, 7) is 4.11. The molecule has 180 valence electrons. The molecule has 1 aromatic rings. The Bertz CT molecular complexity index is 1080. The minimum absolute atomic E-state index is 0.239. The normalized spacial score (nSPS) is 32.5. The van der Waals surface area contributed by atoms with E-state index in [2.05, 4.69) is 47.6 Å². The monoisotopic (exact) mass is 476 g/mol. The van der Waals surface area contributed by atoms with Gasteiger partial charge in [-0.1, -0.05) is 36.2 Å². The summed E-state index contributed by atoms with van der Waals surface area (Å²) >= 11 is 6.38. The number of benzene rings is 1. The van der Waals surface area contributed by atoms with E-state index in [4.69, 9.17) is 11.6 Å². The van der Waals surface area contributed by atoms with Gasteiger partial charge in [0.2, 0.25) is 5.91 Å². The van der Waals surface area contributed by atoms with Gasteiger partial charge in [0.1, 0.15) is 0 Å². The Hall–Kier alpha value is -2.00. The second-order valence-electron chi connectivity index (χ2n) is 11.7. The van der Waals surface area contributed by atoms with Crippen LogP contribution in [0.15, 0.2) is 47.7 Å². The molecule has 3 nitrogen and oxygen atoms in total. The van der Waals surface area contributed by atoms with Gasteiger partial charge in [-0.15, -0.1) is 0 Å². The highest BCUT2D eigenvalue weighted by Crippen LogP contribution is 2.55. The zero-order valence-electron chi connectivity index (χ0n) is 20.4. The van der Waals surface area contributed by atoms with Gasteiger partial charge in [0, 0.05) is 24.5 Å². The van der Waals surface area contributed by atoms with Crippen molar-refractivity contribution in [3.63, 3.8) is 0 Å². The Morgan fingerprint density at radius 3 is 2.88 bits per heavy atom. The van der Waals surface area contributed by atoms with Gasteiger partial charge in [-0.25, -0.2) is 0 Å². The van der Waals surface area contributed by atoms with Gasteiger partial charge in [0.15, 0.2) is 0 Å². The van der Waals surface area contributed by atoms with Crippen LogP contribution in [0.3, 0.4) is 0 Å². The zero-order chi connectivity index (χ0) is 23.3. The maximum atomic E-state index is 13.4. The number of dihydropyridines is 1. The smallest absolute Gasteiger partial charge is 0.223 e. The van der Waals surface area contributed by atoms with Gasteiger partial charge in [0.25, 0.3) is 0 Å². The molecule has 0 aromatic heterocycles. The number of halogens is 1. The average Bonchev–Trinajstić information content (AvgIpc) is 3.03. The van der Waals surface area contributed by atoms with Gasteiger partial charge in [0.05, 0.1) is 6.04 Å². The van der Waals surface area contributed by atoms with Gasteiger partial charge >= 0.3 is 0 Å². The molecule has 1 N–H and O–H groups in total. The summed E-state index contributed by atoms with van der Waals surface area (Å²) in [5.41, 5.74) is 7.41. The van der Waals surface area contributed by atoms with E-state index < -0.39 is 0 Å². The summed E-state index contributed by atoms with van der Waals surface area (Å²) in [6, 6.07) is 6.65. The number of rotatable bonds is 2. The summed E-state index contributed by atoms with van der Waals surface area (Å²) in [4.78, 5) is 15.6. The number of likely N-dealkylation sites (tertiary alicyclic amines) is 1. The first-order valence-electron chi connectivity index (χ1n) is 13.4. The third kappa shape index (κ3) is 4.15. The number of aryl methyl sites for hydroxylation is 1. The lowest BCUT2D eigenvalue weighted by atomic mass is 9.69. The number of carbonyl (C=O) groups is 1. The molecule has 6 rings (SSSR count). The van der Waals surface area contributed by atoms with E-state index in [9.17, 15) is 4.79 Å². The fourth-order valence-corrected chi connectivity index (χ4v) is 8.14. The molecule has 5 aliphatic rings. The summed E-state index contributed by atoms with van der Waals surface area (Å²) in [7, 11) is 0. The minimum Gasteiger partial charge on any atom is -0.380 e. The lowest BCUT2D eigenvalue weighted by Gasteiger charge is -2.39. The van der Waals surface area contributed by atoms with Crippen molar-refractivity contribution in [3.8, 4) is 0 Å². The molecule has 1 saturated heterocycles. The molecule has 4 heteroatoms. The van der Waals surface area contributed by atoms with Gasteiger partial charge in [-0.05, 0) is 122 Å². The molecule has 2 heterocycles. The molecule has 4 unspecified atom stereocenters. The van der Waals surface area contributed by atoms with Crippen molar-refractivity contribution in [1.82, 2.24) is 10.2 Å². The molecule has 0 spiro atoms. The quantitative estimate of drug-likeness (QED) is 0.516. The number of hydrogen-bond donors (Lipinski definition) is 1. The van der Waals surface area contributed by atoms with Crippen LogP contribution in [0.25, 0.3) is 5.57 Å². The molecule has 2 aliphatic heterocycles. The molecule has 0 radical (unpaired) electrons. The van der Waals surface area contributed by atoms with E-state index in [1.165, 1.54) is 60.0 Å². The van der Waals surface area contributed by atoms with Crippen molar-refractivity contribution in [2.24, 2.45) is 17.3 Å². The van der Waals surface area contributed by atoms with E-state index in [1.807, 2.05) is 6.07 Å². The molecule has 2 bridgehead atoms. The molecule has 3 fully saturated rings. The fourth-order valence-electron chi connectivity index (χ4n) is 7.95. The van der Waals surface area contributed by atoms with Gasteiger partial charge in [-0.2, -0.15) is 0 Å². The van der Waals surface area contributed by atoms with Crippen LogP contribution in [0.1, 0.15) is 75.8 Å². The molecule has 1 aromatic carbocycles. The third-order valence-electron chi connectivity index (χ3n) is 9.32. The van der Waals surface area contributed by atoms with Crippen LogP contribution in [0.5, 0.6) is 0 Å². The molecule has 34 heavy (non-hydrogen) atoms. The molecule has 4 atom stereocenters. The third-order valence-corrected chi connectivity index (χ3v) is 9.55. The van der Waals surface area contributed by atoms with E-state index in [-0.39, 0.29) is 6.04 Å². The Balaban J connectivity index is 1.22. The molecular formula is C30H37ClN2O. The zero-order valence-corrected chi connectivity index (χ0v) is 21.2. The van der Waals surface area contributed by atoms with Crippen LogP contribution in [-0.2, 0) is 11.2 Å². The Morgan fingerprint density at radius 2 is 2.03 bits per heavy atom. The van der Waals surface area contributed by atoms with Crippen LogP contribution >= 0.6 is 11.6 Å². The van der Waals surface area contributed by atoms with Gasteiger partial charge in [-0.3, -0.25) is 4.79 Å². The predicted octanol–water partition coefficient (Wildman–Crippen LogP) is 6.68. The maximum absolute atomic E-state index is 13.4. The van der Waals surface area contributed by atoms with Crippen LogP contribution in [0.2, 0.25) is 5.02 Å². The lowest BCUT2D eigenvalue weighted by Crippen LogP contribution is -2.41. The SMILES string of the molecule is CC1CC2CCC(CC(=O)N3CCC(=C4c5ccc(Cl)cc5CCC5=CC=CNC54)CC3)(C1)C2. The highest BCUT2D eigenvalue weighted by Gasteiger charge is 2.46. The average molecular weight is 477 g/mol.